The molecule has 0 saturated heterocycles. The molecular weight excluding hydrogens is 290 g/mol. The van der Waals surface area contributed by atoms with Gasteiger partial charge >= 0.3 is 0 Å². The fourth-order valence-electron chi connectivity index (χ4n) is 2.42. The van der Waals surface area contributed by atoms with Crippen LogP contribution < -0.4 is 9.64 Å². The van der Waals surface area contributed by atoms with Gasteiger partial charge < -0.3 is 14.7 Å². The number of nitrogens with zero attached hydrogens (tertiary/aromatic N) is 1. The first-order valence-corrected chi connectivity index (χ1v) is 6.94. The van der Waals surface area contributed by atoms with E-state index >= 15 is 0 Å². The number of hydrogen-bond donors (Lipinski definition) is 1. The molecule has 2 aromatic rings. The van der Waals surface area contributed by atoms with Gasteiger partial charge in [-0.25, -0.2) is 0 Å². The summed E-state index contributed by atoms with van der Waals surface area (Å²) in [5.74, 6) is 0.496. The summed E-state index contributed by atoms with van der Waals surface area (Å²) in [4.78, 5) is 13.9. The molecule has 4 nitrogen and oxygen atoms in total. The summed E-state index contributed by atoms with van der Waals surface area (Å²) in [5, 5.41) is 10.2. The van der Waals surface area contributed by atoms with E-state index < -0.39 is 6.10 Å². The molecule has 1 N–H and O–H groups in total. The Morgan fingerprint density at radius 2 is 2.10 bits per heavy atom. The summed E-state index contributed by atoms with van der Waals surface area (Å²) in [5.41, 5.74) is 1.58. The number of rotatable bonds is 2. The van der Waals surface area contributed by atoms with Crippen LogP contribution in [0.2, 0.25) is 5.02 Å². The number of carbonyl (C=O) groups is 1. The predicted molar refractivity (Wildman–Crippen MR) is 81.1 cm³/mol. The van der Waals surface area contributed by atoms with Gasteiger partial charge in [0.25, 0.3) is 5.91 Å². The summed E-state index contributed by atoms with van der Waals surface area (Å²) in [6, 6.07) is 12.1. The van der Waals surface area contributed by atoms with Crippen LogP contribution in [0.1, 0.15) is 5.56 Å². The second-order valence-corrected chi connectivity index (χ2v) is 5.43. The molecule has 3 rings (SSSR count). The van der Waals surface area contributed by atoms with Crippen molar-refractivity contribution < 1.29 is 14.6 Å². The van der Waals surface area contributed by atoms with E-state index in [-0.39, 0.29) is 11.7 Å². The van der Waals surface area contributed by atoms with Crippen molar-refractivity contribution in [2.45, 2.75) is 12.5 Å². The SMILES string of the molecule is CN1C(=O)C(Cc2cccc(Cl)c2)Oc2cc(O)ccc21. The van der Waals surface area contributed by atoms with E-state index in [1.807, 2.05) is 18.2 Å². The molecule has 108 valence electrons. The molecule has 21 heavy (non-hydrogen) atoms. The molecule has 0 spiro atoms. The number of carbonyl (C=O) groups excluding carboxylic acids is 1. The maximum Gasteiger partial charge on any atom is 0.268 e. The Labute approximate surface area is 127 Å². The lowest BCUT2D eigenvalue weighted by Crippen LogP contribution is -2.44. The molecule has 1 atom stereocenters. The fraction of sp³-hybridized carbons (Fsp3) is 0.188. The van der Waals surface area contributed by atoms with Gasteiger partial charge in [0.05, 0.1) is 5.69 Å². The van der Waals surface area contributed by atoms with Crippen LogP contribution in [0.4, 0.5) is 5.69 Å². The number of aromatic hydroxyl groups is 1. The summed E-state index contributed by atoms with van der Waals surface area (Å²) in [6.07, 6.45) is -0.193. The van der Waals surface area contributed by atoms with Gasteiger partial charge in [-0.1, -0.05) is 23.7 Å². The third-order valence-corrected chi connectivity index (χ3v) is 3.73. The van der Waals surface area contributed by atoms with Crippen LogP contribution in [-0.4, -0.2) is 24.2 Å². The lowest BCUT2D eigenvalue weighted by molar-refractivity contribution is -0.125. The Bertz CT molecular complexity index is 702. The summed E-state index contributed by atoms with van der Waals surface area (Å²) < 4.78 is 5.74. The van der Waals surface area contributed by atoms with Crippen molar-refractivity contribution in [2.75, 3.05) is 11.9 Å². The van der Waals surface area contributed by atoms with E-state index in [1.165, 1.54) is 12.1 Å². The van der Waals surface area contributed by atoms with Crippen LogP contribution >= 0.6 is 11.6 Å². The predicted octanol–water partition coefficient (Wildman–Crippen LogP) is 3.01. The highest BCUT2D eigenvalue weighted by Crippen LogP contribution is 2.36. The summed E-state index contributed by atoms with van der Waals surface area (Å²) >= 11 is 5.96. The van der Waals surface area contributed by atoms with Gasteiger partial charge in [-0.2, -0.15) is 0 Å². The average Bonchev–Trinajstić information content (AvgIpc) is 2.44. The van der Waals surface area contributed by atoms with Gasteiger partial charge in [-0.3, -0.25) is 4.79 Å². The maximum absolute atomic E-state index is 12.4. The lowest BCUT2D eigenvalue weighted by Gasteiger charge is -2.32. The number of fused-ring (bicyclic) bond motifs is 1. The van der Waals surface area contributed by atoms with Crippen molar-refractivity contribution in [1.82, 2.24) is 0 Å². The van der Waals surface area contributed by atoms with E-state index in [0.717, 1.165) is 5.56 Å². The van der Waals surface area contributed by atoms with Crippen molar-refractivity contribution >= 4 is 23.2 Å². The van der Waals surface area contributed by atoms with Crippen LogP contribution in [0, 0.1) is 0 Å². The third-order valence-electron chi connectivity index (χ3n) is 3.49. The quantitative estimate of drug-likeness (QED) is 0.928. The number of halogens is 1. The van der Waals surface area contributed by atoms with Gasteiger partial charge in [0, 0.05) is 24.6 Å². The number of phenolic OH excluding ortho intramolecular Hbond substituents is 1. The first-order valence-electron chi connectivity index (χ1n) is 6.56. The minimum atomic E-state index is -0.622. The van der Waals surface area contributed by atoms with E-state index in [0.29, 0.717) is 22.9 Å². The standard InChI is InChI=1S/C16H14ClNO3/c1-18-13-6-5-12(19)9-14(13)21-15(16(18)20)8-10-3-2-4-11(17)7-10/h2-7,9,15,19H,8H2,1H3. The largest absolute Gasteiger partial charge is 0.508 e. The molecule has 1 unspecified atom stereocenters. The Kier molecular flexibility index (Phi) is 3.47. The minimum Gasteiger partial charge on any atom is -0.508 e. The highest BCUT2D eigenvalue weighted by Gasteiger charge is 2.32. The van der Waals surface area contributed by atoms with Crippen LogP contribution in [0.15, 0.2) is 42.5 Å². The summed E-state index contributed by atoms with van der Waals surface area (Å²) in [7, 11) is 1.70. The highest BCUT2D eigenvalue weighted by molar-refractivity contribution is 6.30. The molecule has 5 heteroatoms. The van der Waals surface area contributed by atoms with Crippen molar-refractivity contribution in [3.63, 3.8) is 0 Å². The Hall–Kier alpha value is -2.20. The van der Waals surface area contributed by atoms with Crippen molar-refractivity contribution in [1.29, 1.82) is 0 Å². The number of ether oxygens (including phenoxy) is 1. The highest BCUT2D eigenvalue weighted by atomic mass is 35.5. The molecule has 0 aromatic heterocycles. The number of benzene rings is 2. The zero-order chi connectivity index (χ0) is 15.0. The topological polar surface area (TPSA) is 49.8 Å². The normalized spacial score (nSPS) is 17.3. The van der Waals surface area contributed by atoms with Crippen LogP contribution in [0.5, 0.6) is 11.5 Å². The molecule has 0 aliphatic carbocycles. The van der Waals surface area contributed by atoms with E-state index in [4.69, 9.17) is 16.3 Å². The first kappa shape index (κ1) is 13.8. The van der Waals surface area contributed by atoms with E-state index in [9.17, 15) is 9.90 Å². The molecule has 2 aromatic carbocycles. The molecule has 0 radical (unpaired) electrons. The van der Waals surface area contributed by atoms with Gasteiger partial charge in [-0.05, 0) is 29.8 Å². The molecule has 1 heterocycles. The Morgan fingerprint density at radius 1 is 1.29 bits per heavy atom. The Morgan fingerprint density at radius 3 is 2.86 bits per heavy atom. The van der Waals surface area contributed by atoms with Crippen LogP contribution in [-0.2, 0) is 11.2 Å². The van der Waals surface area contributed by atoms with Crippen molar-refractivity contribution in [3.8, 4) is 11.5 Å². The lowest BCUT2D eigenvalue weighted by atomic mass is 10.0. The van der Waals surface area contributed by atoms with E-state index in [1.54, 1.807) is 24.1 Å². The zero-order valence-electron chi connectivity index (χ0n) is 11.4. The second kappa shape index (κ2) is 5.30. The second-order valence-electron chi connectivity index (χ2n) is 4.99. The van der Waals surface area contributed by atoms with Crippen LogP contribution in [0.25, 0.3) is 0 Å². The third kappa shape index (κ3) is 2.67. The number of hydrogen-bond acceptors (Lipinski definition) is 3. The zero-order valence-corrected chi connectivity index (χ0v) is 12.2. The number of phenols is 1. The van der Waals surface area contributed by atoms with Crippen molar-refractivity contribution in [2.24, 2.45) is 0 Å². The molecule has 1 amide bonds. The fourth-order valence-corrected chi connectivity index (χ4v) is 2.63. The van der Waals surface area contributed by atoms with Gasteiger partial charge in [0.15, 0.2) is 6.10 Å². The average molecular weight is 304 g/mol. The summed E-state index contributed by atoms with van der Waals surface area (Å²) in [6.45, 7) is 0. The van der Waals surface area contributed by atoms with Crippen molar-refractivity contribution in [3.05, 3.63) is 53.1 Å². The number of likely N-dealkylation sites (N-methyl/N-ethyl adjacent to an activating group) is 1. The van der Waals surface area contributed by atoms with Gasteiger partial charge in [0.1, 0.15) is 11.5 Å². The maximum atomic E-state index is 12.4. The van der Waals surface area contributed by atoms with E-state index in [2.05, 4.69) is 0 Å². The first-order chi connectivity index (χ1) is 10.0. The molecule has 0 bridgehead atoms. The minimum absolute atomic E-state index is 0.109. The van der Waals surface area contributed by atoms with Crippen LogP contribution in [0.3, 0.4) is 0 Å². The number of amides is 1. The molecule has 1 aliphatic heterocycles. The molecule has 0 fully saturated rings. The van der Waals surface area contributed by atoms with Gasteiger partial charge in [-0.15, -0.1) is 0 Å². The molecule has 1 aliphatic rings. The molecular formula is C16H14ClNO3. The molecule has 0 saturated carbocycles. The smallest absolute Gasteiger partial charge is 0.268 e. The Balaban J connectivity index is 1.89. The number of anilines is 1. The monoisotopic (exact) mass is 303 g/mol. The van der Waals surface area contributed by atoms with Gasteiger partial charge in [0.2, 0.25) is 0 Å².